The molecule has 152 valence electrons. The van der Waals surface area contributed by atoms with Crippen molar-refractivity contribution in [2.75, 3.05) is 0 Å². The number of hydrogen-bond donors (Lipinski definition) is 1. The molecular weight excluding hydrogens is 405 g/mol. The van der Waals surface area contributed by atoms with Crippen LogP contribution in [0, 0.1) is 5.92 Å². The van der Waals surface area contributed by atoms with E-state index in [9.17, 15) is 26.4 Å². The molecule has 0 saturated carbocycles. The van der Waals surface area contributed by atoms with Crippen LogP contribution in [-0.2, 0) is 27.4 Å². The molecule has 2 aromatic rings. The number of aliphatic imine (C=N–C) groups is 1. The number of rotatable bonds is 6. The van der Waals surface area contributed by atoms with Crippen LogP contribution in [-0.4, -0.2) is 20.5 Å². The lowest BCUT2D eigenvalue weighted by atomic mass is 9.99. The summed E-state index contributed by atoms with van der Waals surface area (Å²) in [6.07, 6.45) is -0.622. The maximum absolute atomic E-state index is 12.8. The number of aryl methyl sites for hydroxylation is 1. The third-order valence-corrected chi connectivity index (χ3v) is 5.66. The fourth-order valence-electron chi connectivity index (χ4n) is 2.83. The lowest BCUT2D eigenvalue weighted by Crippen LogP contribution is -2.31. The van der Waals surface area contributed by atoms with Gasteiger partial charge in [0.05, 0.1) is 10.5 Å². The van der Waals surface area contributed by atoms with Gasteiger partial charge in [-0.2, -0.15) is 13.2 Å². The average molecular weight is 422 g/mol. The molecule has 5 nitrogen and oxygen atoms in total. The molecule has 1 aliphatic rings. The van der Waals surface area contributed by atoms with E-state index in [0.29, 0.717) is 18.4 Å². The number of benzene rings is 2. The molecular formula is C20H17F3N2O3S. The summed E-state index contributed by atoms with van der Waals surface area (Å²) in [4.78, 5) is 16.1. The van der Waals surface area contributed by atoms with Crippen LogP contribution in [0.4, 0.5) is 13.2 Å². The van der Waals surface area contributed by atoms with Crippen molar-refractivity contribution in [3.8, 4) is 0 Å². The van der Waals surface area contributed by atoms with E-state index in [-0.39, 0.29) is 16.5 Å². The van der Waals surface area contributed by atoms with E-state index in [2.05, 4.69) is 4.99 Å². The Balaban J connectivity index is 1.61. The van der Waals surface area contributed by atoms with E-state index in [1.165, 1.54) is 42.6 Å². The zero-order valence-corrected chi connectivity index (χ0v) is 15.9. The largest absolute Gasteiger partial charge is 0.416 e. The van der Waals surface area contributed by atoms with Gasteiger partial charge in [-0.25, -0.2) is 13.1 Å². The van der Waals surface area contributed by atoms with Crippen LogP contribution < -0.4 is 4.72 Å². The van der Waals surface area contributed by atoms with Crippen molar-refractivity contribution in [3.63, 3.8) is 0 Å². The van der Waals surface area contributed by atoms with Gasteiger partial charge in [-0.05, 0) is 42.7 Å². The lowest BCUT2D eigenvalue weighted by Gasteiger charge is -2.09. The van der Waals surface area contributed by atoms with Crippen molar-refractivity contribution in [1.82, 2.24) is 4.72 Å². The number of nitrogens with zero attached hydrogens (tertiary/aromatic N) is 1. The third kappa shape index (κ3) is 5.32. The highest BCUT2D eigenvalue weighted by Crippen LogP contribution is 2.30. The monoisotopic (exact) mass is 422 g/mol. The molecule has 1 aliphatic heterocycles. The molecule has 1 N–H and O–H groups in total. The minimum Gasteiger partial charge on any atom is -0.266 e. The van der Waals surface area contributed by atoms with Crippen molar-refractivity contribution >= 4 is 22.1 Å². The summed E-state index contributed by atoms with van der Waals surface area (Å²) in [5, 5.41) is 0. The molecule has 0 spiro atoms. The summed E-state index contributed by atoms with van der Waals surface area (Å²) >= 11 is 0. The first-order valence-corrected chi connectivity index (χ1v) is 10.2. The predicted molar refractivity (Wildman–Crippen MR) is 102 cm³/mol. The van der Waals surface area contributed by atoms with Crippen LogP contribution in [0.1, 0.15) is 17.5 Å². The number of sulfonamides is 1. The summed E-state index contributed by atoms with van der Waals surface area (Å²) in [5.74, 6) is -1.13. The number of amides is 1. The van der Waals surface area contributed by atoms with Crippen molar-refractivity contribution in [1.29, 1.82) is 0 Å². The Morgan fingerprint density at radius 1 is 1.07 bits per heavy atom. The number of nitrogens with one attached hydrogen (secondary N) is 1. The van der Waals surface area contributed by atoms with Crippen LogP contribution in [0.15, 0.2) is 76.3 Å². The van der Waals surface area contributed by atoms with E-state index in [1.54, 1.807) is 12.1 Å². The minimum absolute atomic E-state index is 0.0430. The third-order valence-electron chi connectivity index (χ3n) is 4.31. The van der Waals surface area contributed by atoms with Gasteiger partial charge in [-0.15, -0.1) is 0 Å². The highest BCUT2D eigenvalue weighted by Gasteiger charge is 2.30. The van der Waals surface area contributed by atoms with Crippen molar-refractivity contribution < 1.29 is 26.4 Å². The molecule has 1 unspecified atom stereocenters. The van der Waals surface area contributed by atoms with Gasteiger partial charge in [0.1, 0.15) is 5.70 Å². The minimum atomic E-state index is -4.40. The molecule has 0 saturated heterocycles. The van der Waals surface area contributed by atoms with Crippen LogP contribution in [0.25, 0.3) is 0 Å². The van der Waals surface area contributed by atoms with E-state index in [0.717, 1.165) is 12.1 Å². The molecule has 1 heterocycles. The van der Waals surface area contributed by atoms with Crippen LogP contribution >= 0.6 is 0 Å². The highest BCUT2D eigenvalue weighted by molar-refractivity contribution is 7.90. The number of carbonyl (C=O) groups is 1. The zero-order valence-electron chi connectivity index (χ0n) is 15.1. The first kappa shape index (κ1) is 20.8. The second-order valence-electron chi connectivity index (χ2n) is 6.48. The lowest BCUT2D eigenvalue weighted by molar-refractivity contribution is -0.137. The zero-order chi connectivity index (χ0) is 21.1. The first-order valence-electron chi connectivity index (χ1n) is 8.69. The topological polar surface area (TPSA) is 75.6 Å². The Morgan fingerprint density at radius 2 is 1.79 bits per heavy atom. The molecule has 0 aromatic heterocycles. The van der Waals surface area contributed by atoms with Gasteiger partial charge in [0.25, 0.3) is 15.9 Å². The Kier molecular flexibility index (Phi) is 5.88. The Labute approximate surface area is 166 Å². The molecule has 2 aromatic carbocycles. The number of hydrogen-bond acceptors (Lipinski definition) is 4. The van der Waals surface area contributed by atoms with Gasteiger partial charge in [-0.1, -0.05) is 36.4 Å². The van der Waals surface area contributed by atoms with Crippen molar-refractivity contribution in [3.05, 3.63) is 77.5 Å². The second-order valence-corrected chi connectivity index (χ2v) is 8.16. The summed E-state index contributed by atoms with van der Waals surface area (Å²) < 4.78 is 64.7. The normalized spacial score (nSPS) is 16.5. The standard InChI is InChI=1S/C20H17F3N2O3S/c21-20(22,23)16-6-4-5-14(11-16)9-10-15-12-18(24-13-15)19(26)25-29(27,28)17-7-2-1-3-8-17/h1-8,11-13,15H,9-10H2,(H,25,26). The van der Waals surface area contributed by atoms with Crippen LogP contribution in [0.5, 0.6) is 0 Å². The molecule has 0 fully saturated rings. The number of allylic oxidation sites excluding steroid dienone is 1. The average Bonchev–Trinajstić information content (AvgIpc) is 3.16. The Bertz CT molecular complexity index is 1060. The summed E-state index contributed by atoms with van der Waals surface area (Å²) in [6, 6.07) is 12.5. The van der Waals surface area contributed by atoms with Crippen molar-refractivity contribution in [2.45, 2.75) is 23.9 Å². The van der Waals surface area contributed by atoms with Crippen LogP contribution in [0.2, 0.25) is 0 Å². The summed E-state index contributed by atoms with van der Waals surface area (Å²) in [5.41, 5.74) is -0.235. The summed E-state index contributed by atoms with van der Waals surface area (Å²) in [6.45, 7) is 0. The number of alkyl halides is 3. The molecule has 0 bridgehead atoms. The Hall–Kier alpha value is -2.94. The second kappa shape index (κ2) is 8.20. The number of halogens is 3. The van der Waals surface area contributed by atoms with Gasteiger partial charge in [0.15, 0.2) is 0 Å². The van der Waals surface area contributed by atoms with Crippen LogP contribution in [0.3, 0.4) is 0 Å². The van der Waals surface area contributed by atoms with Gasteiger partial charge in [0.2, 0.25) is 0 Å². The smallest absolute Gasteiger partial charge is 0.266 e. The fourth-order valence-corrected chi connectivity index (χ4v) is 3.81. The maximum Gasteiger partial charge on any atom is 0.416 e. The maximum atomic E-state index is 12.8. The van der Waals surface area contributed by atoms with Gasteiger partial charge < -0.3 is 0 Å². The highest BCUT2D eigenvalue weighted by atomic mass is 32.2. The molecule has 9 heteroatoms. The van der Waals surface area contributed by atoms with E-state index < -0.39 is 27.7 Å². The molecule has 0 radical (unpaired) electrons. The SMILES string of the molecule is O=C(NS(=O)(=O)c1ccccc1)C1=CC(CCc2cccc(C(F)(F)F)c2)C=N1. The fraction of sp³-hybridized carbons (Fsp3) is 0.200. The molecule has 1 atom stereocenters. The quantitative estimate of drug-likeness (QED) is 0.771. The number of carbonyl (C=O) groups excluding carboxylic acids is 1. The van der Waals surface area contributed by atoms with Gasteiger partial charge >= 0.3 is 6.18 Å². The van der Waals surface area contributed by atoms with Gasteiger partial charge in [-0.3, -0.25) is 9.79 Å². The predicted octanol–water partition coefficient (Wildman–Crippen LogP) is 3.73. The molecule has 1 amide bonds. The molecule has 3 rings (SSSR count). The first-order chi connectivity index (χ1) is 13.6. The molecule has 29 heavy (non-hydrogen) atoms. The van der Waals surface area contributed by atoms with E-state index in [1.807, 2.05) is 4.72 Å². The van der Waals surface area contributed by atoms with E-state index in [4.69, 9.17) is 0 Å². The van der Waals surface area contributed by atoms with Crippen molar-refractivity contribution in [2.24, 2.45) is 10.9 Å². The van der Waals surface area contributed by atoms with Gasteiger partial charge in [0, 0.05) is 12.1 Å². The summed E-state index contributed by atoms with van der Waals surface area (Å²) in [7, 11) is -4.01. The van der Waals surface area contributed by atoms with E-state index >= 15 is 0 Å². The Morgan fingerprint density at radius 3 is 2.48 bits per heavy atom. The molecule has 0 aliphatic carbocycles.